The number of urea groups is 1. The number of anilines is 1. The molecule has 0 unspecified atom stereocenters. The highest BCUT2D eigenvalue weighted by Crippen LogP contribution is 2.22. The molecule has 29 heavy (non-hydrogen) atoms. The number of aromatic nitrogens is 1. The summed E-state index contributed by atoms with van der Waals surface area (Å²) in [5, 5.41) is 4.47. The largest absolute Gasteiger partial charge is 0.350 e. The SMILES string of the molecule is Cc1ccc(NC(=O)N2CCN(C(=O)c3cc4ccc(Br)cc4[nH]3)CC2)cc1Cl. The van der Waals surface area contributed by atoms with Crippen molar-refractivity contribution in [3.63, 3.8) is 0 Å². The van der Waals surface area contributed by atoms with E-state index < -0.39 is 0 Å². The predicted octanol–water partition coefficient (Wildman–Crippen LogP) is 4.88. The summed E-state index contributed by atoms with van der Waals surface area (Å²) < 4.78 is 0.959. The molecule has 150 valence electrons. The first-order valence-electron chi connectivity index (χ1n) is 9.30. The molecule has 1 saturated heterocycles. The minimum absolute atomic E-state index is 0.0531. The molecule has 0 spiro atoms. The Morgan fingerprint density at radius 3 is 2.48 bits per heavy atom. The maximum atomic E-state index is 12.8. The number of benzene rings is 2. The van der Waals surface area contributed by atoms with E-state index in [1.807, 2.05) is 43.3 Å². The summed E-state index contributed by atoms with van der Waals surface area (Å²) in [4.78, 5) is 32.0. The number of nitrogens with zero attached hydrogens (tertiary/aromatic N) is 2. The van der Waals surface area contributed by atoms with Crippen LogP contribution in [0.5, 0.6) is 0 Å². The van der Waals surface area contributed by atoms with Crippen LogP contribution in [0.2, 0.25) is 5.02 Å². The van der Waals surface area contributed by atoms with Crippen molar-refractivity contribution in [3.05, 3.63) is 63.2 Å². The van der Waals surface area contributed by atoms with Crippen molar-refractivity contribution in [2.45, 2.75) is 6.92 Å². The molecule has 0 atom stereocenters. The quantitative estimate of drug-likeness (QED) is 0.554. The molecular weight excluding hydrogens is 456 g/mol. The topological polar surface area (TPSA) is 68.4 Å². The summed E-state index contributed by atoms with van der Waals surface area (Å²) in [5.74, 6) is -0.0531. The summed E-state index contributed by atoms with van der Waals surface area (Å²) >= 11 is 9.56. The van der Waals surface area contributed by atoms with E-state index in [0.717, 1.165) is 20.9 Å². The second-order valence-corrected chi connectivity index (χ2v) is 8.41. The van der Waals surface area contributed by atoms with E-state index in [1.54, 1.807) is 15.9 Å². The molecule has 0 bridgehead atoms. The van der Waals surface area contributed by atoms with Gasteiger partial charge in [-0.3, -0.25) is 4.79 Å². The number of aryl methyl sites for hydroxylation is 1. The van der Waals surface area contributed by atoms with Gasteiger partial charge in [0.1, 0.15) is 5.69 Å². The first-order chi connectivity index (χ1) is 13.9. The Morgan fingerprint density at radius 2 is 1.76 bits per heavy atom. The number of hydrogen-bond donors (Lipinski definition) is 2. The first kappa shape index (κ1) is 19.8. The van der Waals surface area contributed by atoms with Crippen LogP contribution in [-0.4, -0.2) is 52.9 Å². The van der Waals surface area contributed by atoms with Crippen LogP contribution in [0.1, 0.15) is 16.1 Å². The van der Waals surface area contributed by atoms with Crippen LogP contribution < -0.4 is 5.32 Å². The van der Waals surface area contributed by atoms with Gasteiger partial charge in [0.05, 0.1) is 0 Å². The molecule has 1 aliphatic rings. The van der Waals surface area contributed by atoms with E-state index in [4.69, 9.17) is 11.6 Å². The normalized spacial score (nSPS) is 14.3. The number of hydrogen-bond acceptors (Lipinski definition) is 2. The van der Waals surface area contributed by atoms with Crippen LogP contribution in [0.3, 0.4) is 0 Å². The maximum Gasteiger partial charge on any atom is 0.321 e. The molecule has 2 heterocycles. The highest BCUT2D eigenvalue weighted by atomic mass is 79.9. The fourth-order valence-electron chi connectivity index (χ4n) is 3.37. The molecule has 0 radical (unpaired) electrons. The molecule has 1 aliphatic heterocycles. The van der Waals surface area contributed by atoms with E-state index in [2.05, 4.69) is 26.2 Å². The molecule has 8 heteroatoms. The van der Waals surface area contributed by atoms with Gasteiger partial charge >= 0.3 is 6.03 Å². The Morgan fingerprint density at radius 1 is 1.03 bits per heavy atom. The second-order valence-electron chi connectivity index (χ2n) is 7.09. The first-order valence-corrected chi connectivity index (χ1v) is 10.5. The van der Waals surface area contributed by atoms with Crippen LogP contribution in [0, 0.1) is 6.92 Å². The molecule has 3 amide bonds. The molecule has 6 nitrogen and oxygen atoms in total. The lowest BCUT2D eigenvalue weighted by molar-refractivity contribution is 0.0667. The van der Waals surface area contributed by atoms with Crippen molar-refractivity contribution in [1.29, 1.82) is 0 Å². The van der Waals surface area contributed by atoms with Gasteiger partial charge in [0.25, 0.3) is 5.91 Å². The van der Waals surface area contributed by atoms with Gasteiger partial charge in [-0.25, -0.2) is 4.79 Å². The van der Waals surface area contributed by atoms with Crippen LogP contribution in [0.4, 0.5) is 10.5 Å². The minimum Gasteiger partial charge on any atom is -0.350 e. The third-order valence-electron chi connectivity index (χ3n) is 5.09. The highest BCUT2D eigenvalue weighted by molar-refractivity contribution is 9.10. The molecule has 2 N–H and O–H groups in total. The van der Waals surface area contributed by atoms with Gasteiger partial charge < -0.3 is 20.1 Å². The number of carbonyl (C=O) groups is 2. The van der Waals surface area contributed by atoms with Gasteiger partial charge in [-0.1, -0.05) is 39.7 Å². The standard InChI is InChI=1S/C21H20BrClN4O2/c1-13-2-5-16(12-17(13)23)24-21(29)27-8-6-26(7-9-27)20(28)19-10-14-3-4-15(22)11-18(14)25-19/h2-5,10-12,25H,6-9H2,1H3,(H,24,29). The molecule has 0 saturated carbocycles. The molecule has 0 aliphatic carbocycles. The molecule has 1 fully saturated rings. The Bertz CT molecular complexity index is 1090. The highest BCUT2D eigenvalue weighted by Gasteiger charge is 2.25. The molecular formula is C21H20BrClN4O2. The second kappa shape index (κ2) is 8.08. The zero-order chi connectivity index (χ0) is 20.5. The molecule has 1 aromatic heterocycles. The van der Waals surface area contributed by atoms with E-state index in [1.165, 1.54) is 0 Å². The monoisotopic (exact) mass is 474 g/mol. The van der Waals surface area contributed by atoms with Gasteiger partial charge in [0.2, 0.25) is 0 Å². The van der Waals surface area contributed by atoms with Gasteiger partial charge in [-0.15, -0.1) is 0 Å². The van der Waals surface area contributed by atoms with Crippen molar-refractivity contribution in [2.75, 3.05) is 31.5 Å². The summed E-state index contributed by atoms with van der Waals surface area (Å²) in [6.07, 6.45) is 0. The lowest BCUT2D eigenvalue weighted by Crippen LogP contribution is -2.51. The van der Waals surface area contributed by atoms with Crippen molar-refractivity contribution in [1.82, 2.24) is 14.8 Å². The number of fused-ring (bicyclic) bond motifs is 1. The van der Waals surface area contributed by atoms with Crippen molar-refractivity contribution in [3.8, 4) is 0 Å². The van der Waals surface area contributed by atoms with Gasteiger partial charge in [-0.05, 0) is 42.8 Å². The summed E-state index contributed by atoms with van der Waals surface area (Å²) in [7, 11) is 0. The van der Waals surface area contributed by atoms with Crippen LogP contribution >= 0.6 is 27.5 Å². The van der Waals surface area contributed by atoms with Crippen LogP contribution in [0.25, 0.3) is 10.9 Å². The number of piperazine rings is 1. The van der Waals surface area contributed by atoms with Gasteiger partial charge in [0.15, 0.2) is 0 Å². The number of carbonyl (C=O) groups excluding carboxylic acids is 2. The van der Waals surface area contributed by atoms with Crippen molar-refractivity contribution < 1.29 is 9.59 Å². The minimum atomic E-state index is -0.188. The van der Waals surface area contributed by atoms with Crippen molar-refractivity contribution in [2.24, 2.45) is 0 Å². The van der Waals surface area contributed by atoms with Gasteiger partial charge in [-0.2, -0.15) is 0 Å². The fraction of sp³-hybridized carbons (Fsp3) is 0.238. The van der Waals surface area contributed by atoms with E-state index >= 15 is 0 Å². The summed E-state index contributed by atoms with van der Waals surface area (Å²) in [5.41, 5.74) is 3.09. The number of halogens is 2. The Labute approximate surface area is 181 Å². The lowest BCUT2D eigenvalue weighted by atomic mass is 10.2. The van der Waals surface area contributed by atoms with E-state index in [-0.39, 0.29) is 11.9 Å². The Hall–Kier alpha value is -2.51. The summed E-state index contributed by atoms with van der Waals surface area (Å²) in [6, 6.07) is 13.0. The third-order valence-corrected chi connectivity index (χ3v) is 5.99. The zero-order valence-electron chi connectivity index (χ0n) is 15.8. The number of nitrogens with one attached hydrogen (secondary N) is 2. The smallest absolute Gasteiger partial charge is 0.321 e. The van der Waals surface area contributed by atoms with E-state index in [0.29, 0.717) is 42.6 Å². The van der Waals surface area contributed by atoms with E-state index in [9.17, 15) is 9.59 Å². The Balaban J connectivity index is 1.37. The maximum absolute atomic E-state index is 12.8. The number of aromatic amines is 1. The average Bonchev–Trinajstić information content (AvgIpc) is 3.13. The number of rotatable bonds is 2. The van der Waals surface area contributed by atoms with Crippen LogP contribution in [-0.2, 0) is 0 Å². The molecule has 4 rings (SSSR count). The fourth-order valence-corrected chi connectivity index (χ4v) is 3.91. The zero-order valence-corrected chi connectivity index (χ0v) is 18.2. The number of H-pyrrole nitrogens is 1. The number of amides is 3. The van der Waals surface area contributed by atoms with Crippen molar-refractivity contribution >= 4 is 56.1 Å². The summed E-state index contributed by atoms with van der Waals surface area (Å²) in [6.45, 7) is 3.84. The Kier molecular flexibility index (Phi) is 5.52. The average molecular weight is 476 g/mol. The van der Waals surface area contributed by atoms with Crippen LogP contribution in [0.15, 0.2) is 46.9 Å². The molecule has 2 aromatic carbocycles. The predicted molar refractivity (Wildman–Crippen MR) is 119 cm³/mol. The lowest BCUT2D eigenvalue weighted by Gasteiger charge is -2.34. The molecule has 3 aromatic rings. The van der Waals surface area contributed by atoms with Gasteiger partial charge in [0, 0.05) is 52.3 Å². The third kappa shape index (κ3) is 4.26.